The van der Waals surface area contributed by atoms with Crippen LogP contribution < -0.4 is 0 Å². The molecular formula is C20H20ClN3O4S. The highest BCUT2D eigenvalue weighted by atomic mass is 35.5. The fraction of sp³-hybridized carbons (Fsp3) is 0.250. The normalized spacial score (nSPS) is 11.6. The van der Waals surface area contributed by atoms with Crippen LogP contribution in [-0.4, -0.2) is 41.7 Å². The topological polar surface area (TPSA) is 93.4 Å². The van der Waals surface area contributed by atoms with Crippen LogP contribution in [0.1, 0.15) is 30.1 Å². The molecule has 152 valence electrons. The summed E-state index contributed by atoms with van der Waals surface area (Å²) in [4.78, 5) is 14.6. The second-order valence-corrected chi connectivity index (χ2v) is 9.29. The summed E-state index contributed by atoms with van der Waals surface area (Å²) in [6.45, 7) is 3.81. The third kappa shape index (κ3) is 5.02. The van der Waals surface area contributed by atoms with Crippen LogP contribution in [0.25, 0.3) is 11.5 Å². The summed E-state index contributed by atoms with van der Waals surface area (Å²) < 4.78 is 29.3. The molecule has 0 fully saturated rings. The third-order valence-corrected chi connectivity index (χ3v) is 5.62. The molecule has 0 aliphatic rings. The molecular weight excluding hydrogens is 414 g/mol. The predicted molar refractivity (Wildman–Crippen MR) is 109 cm³/mol. The Labute approximate surface area is 174 Å². The molecule has 0 aliphatic carbocycles. The Bertz CT molecular complexity index is 1120. The Hall–Kier alpha value is -2.71. The minimum Gasteiger partial charge on any atom is -0.419 e. The molecule has 29 heavy (non-hydrogen) atoms. The highest BCUT2D eigenvalue weighted by Gasteiger charge is 2.23. The summed E-state index contributed by atoms with van der Waals surface area (Å²) in [6, 6.07) is 12.8. The van der Waals surface area contributed by atoms with Gasteiger partial charge in [0.1, 0.15) is 0 Å². The minimum atomic E-state index is -3.42. The minimum absolute atomic E-state index is 0.0925. The summed E-state index contributed by atoms with van der Waals surface area (Å²) in [5.74, 6) is 0.278. The number of aromatic nitrogens is 2. The van der Waals surface area contributed by atoms with Crippen LogP contribution >= 0.6 is 11.6 Å². The van der Waals surface area contributed by atoms with Crippen LogP contribution in [0, 0.1) is 0 Å². The van der Waals surface area contributed by atoms with Crippen molar-refractivity contribution in [3.05, 3.63) is 65.0 Å². The molecule has 1 heterocycles. The second kappa shape index (κ2) is 8.34. The zero-order valence-electron chi connectivity index (χ0n) is 16.2. The van der Waals surface area contributed by atoms with E-state index in [0.717, 1.165) is 11.8 Å². The lowest BCUT2D eigenvalue weighted by atomic mass is 10.1. The molecule has 0 unspecified atom stereocenters. The monoisotopic (exact) mass is 433 g/mol. The fourth-order valence-corrected chi connectivity index (χ4v) is 3.48. The fourth-order valence-electron chi connectivity index (χ4n) is 2.69. The smallest absolute Gasteiger partial charge is 0.254 e. The van der Waals surface area contributed by atoms with Crippen LogP contribution in [0.5, 0.6) is 0 Å². The van der Waals surface area contributed by atoms with E-state index >= 15 is 0 Å². The molecule has 9 heteroatoms. The summed E-state index contributed by atoms with van der Waals surface area (Å²) in [5.41, 5.74) is 0.996. The molecule has 7 nitrogen and oxygen atoms in total. The lowest BCUT2D eigenvalue weighted by molar-refractivity contribution is 0.0672. The first-order chi connectivity index (χ1) is 13.6. The van der Waals surface area contributed by atoms with Gasteiger partial charge in [0.2, 0.25) is 11.8 Å². The molecule has 0 saturated heterocycles. The molecule has 2 aromatic carbocycles. The highest BCUT2D eigenvalue weighted by molar-refractivity contribution is 7.90. The van der Waals surface area contributed by atoms with Gasteiger partial charge in [0.05, 0.1) is 11.4 Å². The first-order valence-corrected chi connectivity index (χ1v) is 11.1. The summed E-state index contributed by atoms with van der Waals surface area (Å²) in [5, 5.41) is 8.66. The molecule has 0 spiro atoms. The lowest BCUT2D eigenvalue weighted by Crippen LogP contribution is -2.36. The van der Waals surface area contributed by atoms with E-state index in [0.29, 0.717) is 10.9 Å². The molecule has 0 saturated carbocycles. The van der Waals surface area contributed by atoms with Gasteiger partial charge in [0.25, 0.3) is 5.91 Å². The standard InChI is InChI=1S/C20H20ClN3O4S/c1-13(2)24(20(25)15-5-4-6-17(11-15)29(3,26)27)12-18-22-23-19(28-18)14-7-9-16(21)10-8-14/h4-11,13H,12H2,1-3H3. The predicted octanol–water partition coefficient (Wildman–Crippen LogP) is 3.84. The van der Waals surface area contributed by atoms with Crippen LogP contribution in [0.4, 0.5) is 0 Å². The van der Waals surface area contributed by atoms with Crippen molar-refractivity contribution in [1.82, 2.24) is 15.1 Å². The number of hydrogen-bond donors (Lipinski definition) is 0. The van der Waals surface area contributed by atoms with E-state index in [1.54, 1.807) is 41.3 Å². The van der Waals surface area contributed by atoms with Crippen molar-refractivity contribution in [2.75, 3.05) is 6.26 Å². The average Bonchev–Trinajstić information content (AvgIpc) is 3.14. The Kier molecular flexibility index (Phi) is 6.04. The number of benzene rings is 2. The maximum absolute atomic E-state index is 13.0. The number of nitrogens with zero attached hydrogens (tertiary/aromatic N) is 3. The molecule has 0 aliphatic heterocycles. The van der Waals surface area contributed by atoms with E-state index in [4.69, 9.17) is 16.0 Å². The number of amides is 1. The van der Waals surface area contributed by atoms with Crippen molar-refractivity contribution in [3.63, 3.8) is 0 Å². The number of halogens is 1. The quantitative estimate of drug-likeness (QED) is 0.586. The molecule has 1 amide bonds. The van der Waals surface area contributed by atoms with E-state index < -0.39 is 9.84 Å². The molecule has 0 radical (unpaired) electrons. The van der Waals surface area contributed by atoms with E-state index in [9.17, 15) is 13.2 Å². The Morgan fingerprint density at radius 1 is 1.14 bits per heavy atom. The van der Waals surface area contributed by atoms with Crippen LogP contribution in [0.2, 0.25) is 5.02 Å². The number of sulfone groups is 1. The van der Waals surface area contributed by atoms with Crippen LogP contribution in [-0.2, 0) is 16.4 Å². The Balaban J connectivity index is 1.84. The molecule has 3 rings (SSSR count). The van der Waals surface area contributed by atoms with E-state index in [1.165, 1.54) is 12.1 Å². The van der Waals surface area contributed by atoms with E-state index in [2.05, 4.69) is 10.2 Å². The maximum Gasteiger partial charge on any atom is 0.254 e. The van der Waals surface area contributed by atoms with Crippen molar-refractivity contribution >= 4 is 27.3 Å². The summed E-state index contributed by atoms with van der Waals surface area (Å²) in [6.07, 6.45) is 1.10. The SMILES string of the molecule is CC(C)N(Cc1nnc(-c2ccc(Cl)cc2)o1)C(=O)c1cccc(S(C)(=O)=O)c1. The first kappa shape index (κ1) is 21.0. The van der Waals surface area contributed by atoms with Gasteiger partial charge in [-0.3, -0.25) is 4.79 Å². The van der Waals surface area contributed by atoms with Gasteiger partial charge in [0.15, 0.2) is 9.84 Å². The lowest BCUT2D eigenvalue weighted by Gasteiger charge is -2.25. The molecule has 0 atom stereocenters. The van der Waals surface area contributed by atoms with Crippen molar-refractivity contribution in [1.29, 1.82) is 0 Å². The molecule has 0 bridgehead atoms. The maximum atomic E-state index is 13.0. The number of carbonyl (C=O) groups is 1. The van der Waals surface area contributed by atoms with Crippen LogP contribution in [0.15, 0.2) is 57.8 Å². The van der Waals surface area contributed by atoms with Gasteiger partial charge in [-0.25, -0.2) is 8.42 Å². The Morgan fingerprint density at radius 3 is 2.45 bits per heavy atom. The summed E-state index contributed by atoms with van der Waals surface area (Å²) >= 11 is 5.89. The van der Waals surface area contributed by atoms with Crippen molar-refractivity contribution in [2.24, 2.45) is 0 Å². The molecule has 3 aromatic rings. The van der Waals surface area contributed by atoms with E-state index in [1.807, 2.05) is 13.8 Å². The van der Waals surface area contributed by atoms with Crippen molar-refractivity contribution in [2.45, 2.75) is 31.3 Å². The first-order valence-electron chi connectivity index (χ1n) is 8.84. The van der Waals surface area contributed by atoms with Gasteiger partial charge < -0.3 is 9.32 Å². The van der Waals surface area contributed by atoms with Gasteiger partial charge in [-0.05, 0) is 56.3 Å². The largest absolute Gasteiger partial charge is 0.419 e. The second-order valence-electron chi connectivity index (χ2n) is 6.83. The van der Waals surface area contributed by atoms with Gasteiger partial charge in [0, 0.05) is 28.4 Å². The van der Waals surface area contributed by atoms with Gasteiger partial charge >= 0.3 is 0 Å². The van der Waals surface area contributed by atoms with Crippen LogP contribution in [0.3, 0.4) is 0 Å². The number of hydrogen-bond acceptors (Lipinski definition) is 6. The zero-order chi connectivity index (χ0) is 21.2. The van der Waals surface area contributed by atoms with Gasteiger partial charge in [-0.15, -0.1) is 10.2 Å². The Morgan fingerprint density at radius 2 is 1.83 bits per heavy atom. The van der Waals surface area contributed by atoms with E-state index in [-0.39, 0.29) is 34.8 Å². The number of carbonyl (C=O) groups excluding carboxylic acids is 1. The van der Waals surface area contributed by atoms with Gasteiger partial charge in [-0.1, -0.05) is 17.7 Å². The zero-order valence-corrected chi connectivity index (χ0v) is 17.7. The highest BCUT2D eigenvalue weighted by Crippen LogP contribution is 2.22. The summed E-state index contributed by atoms with van der Waals surface area (Å²) in [7, 11) is -3.42. The average molecular weight is 434 g/mol. The number of rotatable bonds is 6. The van der Waals surface area contributed by atoms with Gasteiger partial charge in [-0.2, -0.15) is 0 Å². The molecule has 0 N–H and O–H groups in total. The van der Waals surface area contributed by atoms with Crippen molar-refractivity contribution in [3.8, 4) is 11.5 Å². The van der Waals surface area contributed by atoms with Crippen molar-refractivity contribution < 1.29 is 17.6 Å². The molecule has 1 aromatic heterocycles. The third-order valence-electron chi connectivity index (χ3n) is 4.26.